The zero-order valence-corrected chi connectivity index (χ0v) is 14.9. The lowest BCUT2D eigenvalue weighted by Gasteiger charge is -2.09. The first-order valence-corrected chi connectivity index (χ1v) is 8.54. The molecule has 0 atom stereocenters. The third-order valence-electron chi connectivity index (χ3n) is 3.75. The number of nitrogens with one attached hydrogen (secondary N) is 1. The fourth-order valence-corrected chi connectivity index (χ4v) is 2.36. The summed E-state index contributed by atoms with van der Waals surface area (Å²) in [5, 5.41) is 14.1. The largest absolute Gasteiger partial charge is 0.618 e. The van der Waals surface area contributed by atoms with E-state index in [-0.39, 0.29) is 5.69 Å². The average Bonchev–Trinajstić information content (AvgIpc) is 2.72. The number of aromatic nitrogens is 1. The smallest absolute Gasteiger partial charge is 0.405 e. The fourth-order valence-electron chi connectivity index (χ4n) is 2.36. The highest BCUT2D eigenvalue weighted by atomic mass is 16.5. The Morgan fingerprint density at radius 2 is 1.64 bits per heavy atom. The highest BCUT2D eigenvalue weighted by molar-refractivity contribution is 5.94. The predicted octanol–water partition coefficient (Wildman–Crippen LogP) is 2.69. The molecule has 1 amide bonds. The Hall–Kier alpha value is -3.87. The van der Waals surface area contributed by atoms with Gasteiger partial charge in [-0.15, -0.1) is 0 Å². The summed E-state index contributed by atoms with van der Waals surface area (Å²) < 4.78 is 10.9. The van der Waals surface area contributed by atoms with Crippen LogP contribution in [-0.2, 0) is 16.1 Å². The van der Waals surface area contributed by atoms with Crippen LogP contribution in [0.1, 0.15) is 16.1 Å². The maximum Gasteiger partial charge on any atom is 0.405 e. The molecule has 28 heavy (non-hydrogen) atoms. The molecule has 0 saturated heterocycles. The van der Waals surface area contributed by atoms with Gasteiger partial charge in [0.15, 0.2) is 12.8 Å². The van der Waals surface area contributed by atoms with Crippen molar-refractivity contribution in [3.05, 3.63) is 95.5 Å². The number of carbonyl (C=O) groups is 2. The van der Waals surface area contributed by atoms with Crippen molar-refractivity contribution < 1.29 is 23.8 Å². The molecule has 0 aliphatic heterocycles. The first-order valence-electron chi connectivity index (χ1n) is 8.54. The summed E-state index contributed by atoms with van der Waals surface area (Å²) in [5.41, 5.74) is 1.40. The van der Waals surface area contributed by atoms with Gasteiger partial charge >= 0.3 is 11.7 Å². The molecule has 1 aromatic heterocycles. The van der Waals surface area contributed by atoms with Crippen molar-refractivity contribution >= 4 is 17.6 Å². The molecule has 0 radical (unpaired) electrons. The van der Waals surface area contributed by atoms with E-state index in [1.54, 1.807) is 24.3 Å². The standard InChI is InChI=1S/C21H18N2O5/c24-20(15-28-21(25)19-8-4-5-13-23(19)26)22-17-9-11-18(12-10-17)27-14-16-6-2-1-3-7-16/h1-13H,14-15H2,(H,22,24). The third kappa shape index (κ3) is 5.31. The van der Waals surface area contributed by atoms with Crippen LogP contribution in [0.5, 0.6) is 5.75 Å². The number of hydrogen-bond donors (Lipinski definition) is 1. The van der Waals surface area contributed by atoms with Crippen molar-refractivity contribution in [1.82, 2.24) is 0 Å². The van der Waals surface area contributed by atoms with Gasteiger partial charge in [0, 0.05) is 17.8 Å². The lowest BCUT2D eigenvalue weighted by Crippen LogP contribution is -2.35. The van der Waals surface area contributed by atoms with Gasteiger partial charge in [-0.05, 0) is 35.9 Å². The number of nitrogens with zero attached hydrogens (tertiary/aromatic N) is 1. The number of ether oxygens (including phenoxy) is 2. The molecule has 7 nitrogen and oxygen atoms in total. The molecular formula is C21H18N2O5. The van der Waals surface area contributed by atoms with Gasteiger partial charge in [0.1, 0.15) is 12.4 Å². The molecule has 0 saturated carbocycles. The Morgan fingerprint density at radius 1 is 0.929 bits per heavy atom. The molecule has 142 valence electrons. The minimum absolute atomic E-state index is 0.185. The molecular weight excluding hydrogens is 360 g/mol. The van der Waals surface area contributed by atoms with Crippen LogP contribution in [0.15, 0.2) is 79.0 Å². The van der Waals surface area contributed by atoms with Gasteiger partial charge in [-0.3, -0.25) is 4.79 Å². The van der Waals surface area contributed by atoms with Gasteiger partial charge in [-0.2, -0.15) is 4.73 Å². The number of amides is 1. The van der Waals surface area contributed by atoms with Crippen LogP contribution >= 0.6 is 0 Å². The van der Waals surface area contributed by atoms with Crippen molar-refractivity contribution in [2.45, 2.75) is 6.61 Å². The molecule has 0 spiro atoms. The summed E-state index contributed by atoms with van der Waals surface area (Å²) in [6.45, 7) is -0.0539. The van der Waals surface area contributed by atoms with Crippen LogP contribution in [0.2, 0.25) is 0 Å². The monoisotopic (exact) mass is 378 g/mol. The Balaban J connectivity index is 1.46. The summed E-state index contributed by atoms with van der Waals surface area (Å²) in [6, 6.07) is 20.9. The average molecular weight is 378 g/mol. The lowest BCUT2D eigenvalue weighted by atomic mass is 10.2. The number of pyridine rings is 1. The summed E-state index contributed by atoms with van der Waals surface area (Å²) >= 11 is 0. The zero-order chi connectivity index (χ0) is 19.8. The number of anilines is 1. The molecule has 0 aliphatic rings. The van der Waals surface area contributed by atoms with E-state index >= 15 is 0 Å². The Labute approximate surface area is 161 Å². The van der Waals surface area contributed by atoms with E-state index in [1.807, 2.05) is 30.3 Å². The minimum Gasteiger partial charge on any atom is -0.618 e. The molecule has 2 aromatic carbocycles. The van der Waals surface area contributed by atoms with Crippen molar-refractivity contribution in [2.75, 3.05) is 11.9 Å². The molecule has 0 fully saturated rings. The van der Waals surface area contributed by atoms with Crippen LogP contribution in [0.4, 0.5) is 5.69 Å². The van der Waals surface area contributed by atoms with Gasteiger partial charge in [-0.1, -0.05) is 30.3 Å². The van der Waals surface area contributed by atoms with Gasteiger partial charge in [0.05, 0.1) is 0 Å². The summed E-state index contributed by atoms with van der Waals surface area (Å²) in [7, 11) is 0. The summed E-state index contributed by atoms with van der Waals surface area (Å²) in [4.78, 5) is 23.7. The van der Waals surface area contributed by atoms with Crippen LogP contribution in [0.3, 0.4) is 0 Å². The van der Waals surface area contributed by atoms with E-state index < -0.39 is 18.5 Å². The minimum atomic E-state index is -0.865. The topological polar surface area (TPSA) is 91.6 Å². The van der Waals surface area contributed by atoms with Crippen LogP contribution < -0.4 is 14.8 Å². The molecule has 0 unspecified atom stereocenters. The van der Waals surface area contributed by atoms with Crippen LogP contribution in [0.25, 0.3) is 0 Å². The van der Waals surface area contributed by atoms with E-state index in [9.17, 15) is 14.8 Å². The van der Waals surface area contributed by atoms with Crippen molar-refractivity contribution in [3.8, 4) is 5.75 Å². The first-order chi connectivity index (χ1) is 13.6. The van der Waals surface area contributed by atoms with Gasteiger partial charge in [-0.25, -0.2) is 4.79 Å². The fraction of sp³-hybridized carbons (Fsp3) is 0.0952. The summed E-state index contributed by atoms with van der Waals surface area (Å²) in [5.74, 6) is -0.715. The van der Waals surface area contributed by atoms with Gasteiger partial charge in [0.25, 0.3) is 5.91 Å². The van der Waals surface area contributed by atoms with Gasteiger partial charge < -0.3 is 20.0 Å². The molecule has 0 bridgehead atoms. The highest BCUT2D eigenvalue weighted by Crippen LogP contribution is 2.17. The third-order valence-corrected chi connectivity index (χ3v) is 3.75. The number of carbonyl (C=O) groups excluding carboxylic acids is 2. The van der Waals surface area contributed by atoms with E-state index in [2.05, 4.69) is 5.32 Å². The Bertz CT molecular complexity index is 943. The van der Waals surface area contributed by atoms with Crippen molar-refractivity contribution in [2.24, 2.45) is 0 Å². The second-order valence-electron chi connectivity index (χ2n) is 5.83. The predicted molar refractivity (Wildman–Crippen MR) is 102 cm³/mol. The molecule has 7 heteroatoms. The quantitative estimate of drug-likeness (QED) is 0.388. The zero-order valence-electron chi connectivity index (χ0n) is 14.9. The van der Waals surface area contributed by atoms with E-state index in [0.717, 1.165) is 5.56 Å². The second kappa shape index (κ2) is 9.18. The number of rotatable bonds is 7. The first kappa shape index (κ1) is 18.9. The molecule has 1 N–H and O–H groups in total. The van der Waals surface area contributed by atoms with E-state index in [0.29, 0.717) is 22.8 Å². The second-order valence-corrected chi connectivity index (χ2v) is 5.83. The molecule has 3 rings (SSSR count). The Morgan fingerprint density at radius 3 is 2.36 bits per heavy atom. The Kier molecular flexibility index (Phi) is 6.20. The van der Waals surface area contributed by atoms with Crippen molar-refractivity contribution in [1.29, 1.82) is 0 Å². The van der Waals surface area contributed by atoms with E-state index in [4.69, 9.17) is 9.47 Å². The van der Waals surface area contributed by atoms with Crippen LogP contribution in [0, 0.1) is 5.21 Å². The number of hydrogen-bond acceptors (Lipinski definition) is 5. The maximum absolute atomic E-state index is 11.9. The van der Waals surface area contributed by atoms with Crippen molar-refractivity contribution in [3.63, 3.8) is 0 Å². The maximum atomic E-state index is 11.9. The van der Waals surface area contributed by atoms with Crippen LogP contribution in [-0.4, -0.2) is 18.5 Å². The SMILES string of the molecule is O=C(COC(=O)c1cccc[n+]1[O-])Nc1ccc(OCc2ccccc2)cc1. The normalized spacial score (nSPS) is 10.1. The van der Waals surface area contributed by atoms with E-state index in [1.165, 1.54) is 24.4 Å². The molecule has 0 aliphatic carbocycles. The van der Waals surface area contributed by atoms with Gasteiger partial charge in [0.2, 0.25) is 0 Å². The summed E-state index contributed by atoms with van der Waals surface area (Å²) in [6.07, 6.45) is 1.18. The highest BCUT2D eigenvalue weighted by Gasteiger charge is 2.18. The lowest BCUT2D eigenvalue weighted by molar-refractivity contribution is -0.608. The number of benzene rings is 2. The molecule has 1 heterocycles. The number of esters is 1. The molecule has 3 aromatic rings.